The monoisotopic (exact) mass is 476 g/mol. The van der Waals surface area contributed by atoms with Crippen LogP contribution in [0.5, 0.6) is 5.75 Å². The zero-order valence-electron chi connectivity index (χ0n) is 21.0. The molecule has 1 aliphatic carbocycles. The van der Waals surface area contributed by atoms with E-state index in [9.17, 15) is 9.59 Å². The van der Waals surface area contributed by atoms with Gasteiger partial charge in [0.05, 0.1) is 30.5 Å². The highest BCUT2D eigenvalue weighted by Crippen LogP contribution is 2.51. The predicted octanol–water partition coefficient (Wildman–Crippen LogP) is 4.23. The van der Waals surface area contributed by atoms with Gasteiger partial charge in [0, 0.05) is 25.6 Å². The van der Waals surface area contributed by atoms with Gasteiger partial charge in [-0.25, -0.2) is 4.98 Å². The number of anilines is 2. The number of rotatable bonds is 6. The van der Waals surface area contributed by atoms with Crippen LogP contribution in [0, 0.1) is 11.8 Å². The highest BCUT2D eigenvalue weighted by Gasteiger charge is 2.55. The molecular formula is C28H36N4O3. The van der Waals surface area contributed by atoms with Crippen molar-refractivity contribution in [1.82, 2.24) is 9.88 Å². The number of carbonyl (C=O) groups is 2. The average Bonchev–Trinajstić information content (AvgIpc) is 3.62. The highest BCUT2D eigenvalue weighted by atomic mass is 16.5. The molecule has 2 atom stereocenters. The van der Waals surface area contributed by atoms with E-state index < -0.39 is 0 Å². The minimum Gasteiger partial charge on any atom is -0.497 e. The third-order valence-electron chi connectivity index (χ3n) is 7.95. The Bertz CT molecular complexity index is 1060. The first kappa shape index (κ1) is 23.6. The zero-order valence-corrected chi connectivity index (χ0v) is 21.0. The molecule has 0 bridgehead atoms. The van der Waals surface area contributed by atoms with E-state index in [0.29, 0.717) is 5.92 Å². The summed E-state index contributed by atoms with van der Waals surface area (Å²) >= 11 is 0. The Balaban J connectivity index is 1.31. The quantitative estimate of drug-likeness (QED) is 0.675. The number of fused-ring (bicyclic) bond motifs is 1. The molecule has 3 heterocycles. The smallest absolute Gasteiger partial charge is 0.233 e. The number of benzene rings is 1. The van der Waals surface area contributed by atoms with Crippen molar-refractivity contribution >= 4 is 23.3 Å². The van der Waals surface area contributed by atoms with Gasteiger partial charge in [-0.15, -0.1) is 0 Å². The van der Waals surface area contributed by atoms with Crippen LogP contribution >= 0.6 is 0 Å². The molecule has 2 aliphatic heterocycles. The summed E-state index contributed by atoms with van der Waals surface area (Å²) in [6.07, 6.45) is 7.02. The second-order valence-electron chi connectivity index (χ2n) is 10.6. The van der Waals surface area contributed by atoms with Crippen LogP contribution in [0.3, 0.4) is 0 Å². The lowest BCUT2D eigenvalue weighted by molar-refractivity contribution is -0.133. The van der Waals surface area contributed by atoms with Gasteiger partial charge in [-0.2, -0.15) is 0 Å². The predicted molar refractivity (Wildman–Crippen MR) is 137 cm³/mol. The first-order chi connectivity index (χ1) is 16.9. The van der Waals surface area contributed by atoms with E-state index >= 15 is 0 Å². The Hall–Kier alpha value is -3.09. The molecule has 1 N–H and O–H groups in total. The molecule has 2 aromatic rings. The average molecular weight is 477 g/mol. The van der Waals surface area contributed by atoms with E-state index in [1.165, 1.54) is 6.42 Å². The van der Waals surface area contributed by atoms with E-state index in [-0.39, 0.29) is 29.2 Å². The van der Waals surface area contributed by atoms with Gasteiger partial charge in [0.1, 0.15) is 11.6 Å². The maximum atomic E-state index is 13.8. The number of hydrogen-bond acceptors (Lipinski definition) is 5. The van der Waals surface area contributed by atoms with Crippen molar-refractivity contribution in [2.45, 2.75) is 57.4 Å². The van der Waals surface area contributed by atoms with Crippen LogP contribution in [-0.2, 0) is 15.0 Å². The number of pyridine rings is 1. The number of amides is 2. The van der Waals surface area contributed by atoms with Gasteiger partial charge in [0.15, 0.2) is 0 Å². The molecule has 1 aromatic carbocycles. The minimum absolute atomic E-state index is 0.00908. The number of aromatic nitrogens is 1. The van der Waals surface area contributed by atoms with Gasteiger partial charge in [0.25, 0.3) is 0 Å². The Kier molecular flexibility index (Phi) is 6.43. The van der Waals surface area contributed by atoms with Crippen molar-refractivity contribution in [2.24, 2.45) is 11.8 Å². The van der Waals surface area contributed by atoms with Crippen molar-refractivity contribution in [3.63, 3.8) is 0 Å². The lowest BCUT2D eigenvalue weighted by Crippen LogP contribution is -2.43. The fourth-order valence-electron chi connectivity index (χ4n) is 5.68. The molecule has 0 unspecified atom stereocenters. The van der Waals surface area contributed by atoms with Gasteiger partial charge in [-0.05, 0) is 61.4 Å². The standard InChI is InChI=1S/C28H36N4O3/c1-19(2)26(33)30-22-9-12-25(29-16-22)32-15-5-4-6-20-17-31(18-24(20)32)27(34)28(13-14-28)21-7-10-23(35-3)11-8-21/h7-12,16,19-20,24H,4-6,13-15,17-18H2,1-3H3,(H,30,33)/t20-,24+/m1/s1. The summed E-state index contributed by atoms with van der Waals surface area (Å²) in [6, 6.07) is 12.2. The summed E-state index contributed by atoms with van der Waals surface area (Å²) in [7, 11) is 1.66. The zero-order chi connectivity index (χ0) is 24.6. The van der Waals surface area contributed by atoms with Crippen molar-refractivity contribution in [3.05, 3.63) is 48.2 Å². The Morgan fingerprint density at radius 3 is 2.49 bits per heavy atom. The molecule has 1 aromatic heterocycles. The minimum atomic E-state index is -0.366. The van der Waals surface area contributed by atoms with Crippen LogP contribution in [0.25, 0.3) is 0 Å². The summed E-state index contributed by atoms with van der Waals surface area (Å²) in [6.45, 7) is 6.26. The van der Waals surface area contributed by atoms with Crippen LogP contribution in [0.2, 0.25) is 0 Å². The number of nitrogens with one attached hydrogen (secondary N) is 1. The first-order valence-corrected chi connectivity index (χ1v) is 12.9. The molecule has 2 saturated heterocycles. The molecule has 7 heteroatoms. The topological polar surface area (TPSA) is 74.8 Å². The fourth-order valence-corrected chi connectivity index (χ4v) is 5.68. The van der Waals surface area contributed by atoms with E-state index in [0.717, 1.165) is 68.1 Å². The normalized spacial score (nSPS) is 23.0. The highest BCUT2D eigenvalue weighted by molar-refractivity contribution is 5.92. The van der Waals surface area contributed by atoms with E-state index in [4.69, 9.17) is 9.72 Å². The van der Waals surface area contributed by atoms with E-state index in [1.54, 1.807) is 13.3 Å². The molecule has 35 heavy (non-hydrogen) atoms. The molecular weight excluding hydrogens is 440 g/mol. The Morgan fingerprint density at radius 1 is 1.09 bits per heavy atom. The van der Waals surface area contributed by atoms with Gasteiger partial charge < -0.3 is 19.9 Å². The van der Waals surface area contributed by atoms with Crippen LogP contribution < -0.4 is 15.0 Å². The van der Waals surface area contributed by atoms with Gasteiger partial charge in [0.2, 0.25) is 11.8 Å². The number of methoxy groups -OCH3 is 1. The van der Waals surface area contributed by atoms with Gasteiger partial charge in [-0.3, -0.25) is 9.59 Å². The molecule has 3 aliphatic rings. The second-order valence-corrected chi connectivity index (χ2v) is 10.6. The lowest BCUT2D eigenvalue weighted by atomic mass is 9.94. The summed E-state index contributed by atoms with van der Waals surface area (Å²) in [4.78, 5) is 35.0. The van der Waals surface area contributed by atoms with Gasteiger partial charge >= 0.3 is 0 Å². The fraction of sp³-hybridized carbons (Fsp3) is 0.536. The van der Waals surface area contributed by atoms with E-state index in [1.807, 2.05) is 50.2 Å². The molecule has 0 radical (unpaired) electrons. The third kappa shape index (κ3) is 4.60. The maximum Gasteiger partial charge on any atom is 0.233 e. The first-order valence-electron chi connectivity index (χ1n) is 12.9. The van der Waals surface area contributed by atoms with Crippen LogP contribution in [0.15, 0.2) is 42.6 Å². The summed E-state index contributed by atoms with van der Waals surface area (Å²) in [5.41, 5.74) is 1.46. The maximum absolute atomic E-state index is 13.8. The molecule has 186 valence electrons. The lowest BCUT2D eigenvalue weighted by Gasteiger charge is -2.31. The van der Waals surface area contributed by atoms with Crippen LogP contribution in [0.1, 0.15) is 51.5 Å². The molecule has 2 amide bonds. The number of likely N-dealkylation sites (tertiary alicyclic amines) is 1. The number of hydrogen-bond donors (Lipinski definition) is 1. The molecule has 1 saturated carbocycles. The van der Waals surface area contributed by atoms with Crippen LogP contribution in [-0.4, -0.2) is 54.5 Å². The van der Waals surface area contributed by atoms with Crippen molar-refractivity contribution in [3.8, 4) is 5.75 Å². The Morgan fingerprint density at radius 2 is 1.86 bits per heavy atom. The van der Waals surface area contributed by atoms with Gasteiger partial charge in [-0.1, -0.05) is 32.4 Å². The van der Waals surface area contributed by atoms with Crippen molar-refractivity contribution < 1.29 is 14.3 Å². The summed E-state index contributed by atoms with van der Waals surface area (Å²) < 4.78 is 5.30. The van der Waals surface area contributed by atoms with Crippen molar-refractivity contribution in [1.29, 1.82) is 0 Å². The van der Waals surface area contributed by atoms with Crippen LogP contribution in [0.4, 0.5) is 11.5 Å². The number of nitrogens with zero attached hydrogens (tertiary/aromatic N) is 3. The SMILES string of the molecule is COc1ccc(C2(C(=O)N3C[C@H]4CCCCN(c5ccc(NC(=O)C(C)C)cn5)[C@H]4C3)CC2)cc1. The summed E-state index contributed by atoms with van der Waals surface area (Å²) in [5, 5.41) is 2.92. The molecule has 7 nitrogen and oxygen atoms in total. The Labute approximate surface area is 207 Å². The second kappa shape index (κ2) is 9.51. The van der Waals surface area contributed by atoms with E-state index in [2.05, 4.69) is 15.1 Å². The molecule has 0 spiro atoms. The largest absolute Gasteiger partial charge is 0.497 e. The number of ether oxygens (including phenoxy) is 1. The van der Waals surface area contributed by atoms with Crippen molar-refractivity contribution in [2.75, 3.05) is 37.0 Å². The summed E-state index contributed by atoms with van der Waals surface area (Å²) in [5.74, 6) is 2.39. The number of carbonyl (C=O) groups excluding carboxylic acids is 2. The molecule has 3 fully saturated rings. The third-order valence-corrected chi connectivity index (χ3v) is 7.95. The molecule has 5 rings (SSSR count).